The fourth-order valence-corrected chi connectivity index (χ4v) is 2.09. The molecule has 0 amide bonds. The number of aryl methyl sites for hydroxylation is 2. The van der Waals surface area contributed by atoms with Gasteiger partial charge >= 0.3 is 0 Å². The fourth-order valence-electron chi connectivity index (χ4n) is 2.09. The molecule has 2 N–H and O–H groups in total. The van der Waals surface area contributed by atoms with Crippen molar-refractivity contribution in [2.75, 3.05) is 6.54 Å². The summed E-state index contributed by atoms with van der Waals surface area (Å²) in [5, 5.41) is 17.6. The molecule has 18 heavy (non-hydrogen) atoms. The average molecular weight is 253 g/mol. The van der Waals surface area contributed by atoms with Crippen LogP contribution < -0.4 is 5.32 Å². The summed E-state index contributed by atoms with van der Waals surface area (Å²) in [6.45, 7) is 13.0. The summed E-state index contributed by atoms with van der Waals surface area (Å²) in [6, 6.07) is 0. The molecule has 0 aliphatic rings. The Morgan fingerprint density at radius 3 is 2.50 bits per heavy atom. The van der Waals surface area contributed by atoms with Crippen LogP contribution in [0.25, 0.3) is 0 Å². The maximum Gasteiger partial charge on any atom is 0.0641 e. The molecule has 0 saturated heterocycles. The molecule has 0 aliphatic heterocycles. The highest BCUT2D eigenvalue weighted by Gasteiger charge is 2.11. The monoisotopic (exact) mass is 253 g/mol. The molecule has 0 fully saturated rings. The van der Waals surface area contributed by atoms with Crippen LogP contribution >= 0.6 is 0 Å². The molecule has 1 unspecified atom stereocenters. The lowest BCUT2D eigenvalue weighted by Gasteiger charge is -2.14. The van der Waals surface area contributed by atoms with Crippen molar-refractivity contribution >= 4 is 0 Å². The smallest absolute Gasteiger partial charge is 0.0641 e. The Hall–Kier alpha value is -0.870. The Kier molecular flexibility index (Phi) is 5.82. The maximum absolute atomic E-state index is 9.72. The fraction of sp³-hybridized carbons (Fsp3) is 0.786. The van der Waals surface area contributed by atoms with Gasteiger partial charge in [-0.1, -0.05) is 13.8 Å². The van der Waals surface area contributed by atoms with Crippen LogP contribution in [0.3, 0.4) is 0 Å². The van der Waals surface area contributed by atoms with E-state index in [9.17, 15) is 5.11 Å². The molecule has 0 saturated carbocycles. The van der Waals surface area contributed by atoms with Gasteiger partial charge in [0.2, 0.25) is 0 Å². The summed E-state index contributed by atoms with van der Waals surface area (Å²) in [6.07, 6.45) is 0.593. The van der Waals surface area contributed by atoms with Crippen LogP contribution in [0.15, 0.2) is 0 Å². The summed E-state index contributed by atoms with van der Waals surface area (Å²) in [7, 11) is 0. The highest BCUT2D eigenvalue weighted by Crippen LogP contribution is 2.12. The highest BCUT2D eigenvalue weighted by molar-refractivity contribution is 5.24. The molecule has 1 aromatic heterocycles. The number of nitrogens with zero attached hydrogens (tertiary/aromatic N) is 2. The van der Waals surface area contributed by atoms with Crippen molar-refractivity contribution in [3.8, 4) is 0 Å². The summed E-state index contributed by atoms with van der Waals surface area (Å²) >= 11 is 0. The van der Waals surface area contributed by atoms with E-state index in [4.69, 9.17) is 0 Å². The molecule has 0 bridgehead atoms. The van der Waals surface area contributed by atoms with Crippen molar-refractivity contribution in [3.63, 3.8) is 0 Å². The number of aliphatic hydroxyl groups is 1. The van der Waals surface area contributed by atoms with Crippen molar-refractivity contribution in [1.82, 2.24) is 15.1 Å². The van der Waals surface area contributed by atoms with E-state index in [1.807, 2.05) is 18.5 Å². The lowest BCUT2D eigenvalue weighted by atomic mass is 10.0. The Bertz CT molecular complexity index is 371. The zero-order valence-electron chi connectivity index (χ0n) is 12.3. The van der Waals surface area contributed by atoms with E-state index in [1.165, 1.54) is 11.3 Å². The molecule has 4 nitrogen and oxygen atoms in total. The molecule has 0 aromatic carbocycles. The number of hydrogen-bond acceptors (Lipinski definition) is 3. The van der Waals surface area contributed by atoms with Gasteiger partial charge in [0.1, 0.15) is 0 Å². The maximum atomic E-state index is 9.72. The van der Waals surface area contributed by atoms with Gasteiger partial charge in [-0.2, -0.15) is 5.10 Å². The minimum atomic E-state index is -0.210. The van der Waals surface area contributed by atoms with Crippen molar-refractivity contribution in [3.05, 3.63) is 17.0 Å². The molecule has 1 atom stereocenters. The van der Waals surface area contributed by atoms with Crippen LogP contribution in [0.5, 0.6) is 0 Å². The molecular formula is C14H27N3O. The van der Waals surface area contributed by atoms with E-state index in [2.05, 4.69) is 31.2 Å². The lowest BCUT2D eigenvalue weighted by Crippen LogP contribution is -2.23. The third-order valence-electron chi connectivity index (χ3n) is 3.52. The van der Waals surface area contributed by atoms with Crippen molar-refractivity contribution in [1.29, 1.82) is 0 Å². The second-order valence-electron chi connectivity index (χ2n) is 5.24. The van der Waals surface area contributed by atoms with Crippen LogP contribution in [-0.2, 0) is 13.1 Å². The van der Waals surface area contributed by atoms with Crippen molar-refractivity contribution < 1.29 is 5.11 Å². The highest BCUT2D eigenvalue weighted by atomic mass is 16.3. The molecule has 0 aliphatic carbocycles. The quantitative estimate of drug-likeness (QED) is 0.731. The number of aromatic nitrogens is 2. The van der Waals surface area contributed by atoms with Crippen LogP contribution in [0.2, 0.25) is 0 Å². The number of aliphatic hydroxyl groups excluding tert-OH is 1. The molecule has 4 heteroatoms. The molecule has 1 heterocycles. The third-order valence-corrected chi connectivity index (χ3v) is 3.52. The number of rotatable bonds is 7. The molecule has 1 rings (SSSR count). The van der Waals surface area contributed by atoms with E-state index >= 15 is 0 Å². The van der Waals surface area contributed by atoms with Gasteiger partial charge in [-0.15, -0.1) is 0 Å². The van der Waals surface area contributed by atoms with Crippen molar-refractivity contribution in [2.24, 2.45) is 5.92 Å². The van der Waals surface area contributed by atoms with Crippen LogP contribution in [-0.4, -0.2) is 27.5 Å². The van der Waals surface area contributed by atoms with Gasteiger partial charge in [0.25, 0.3) is 0 Å². The standard InChI is InChI=1S/C14H27N3O/c1-6-17-12(5)13(11(4)16-17)9-15-8-7-14(18)10(2)3/h10,14-15,18H,6-9H2,1-5H3. The summed E-state index contributed by atoms with van der Waals surface area (Å²) in [4.78, 5) is 0. The predicted molar refractivity (Wildman–Crippen MR) is 74.5 cm³/mol. The summed E-state index contributed by atoms with van der Waals surface area (Å²) in [5.74, 6) is 0.332. The Morgan fingerprint density at radius 1 is 1.33 bits per heavy atom. The van der Waals surface area contributed by atoms with Crippen LogP contribution in [0.1, 0.15) is 44.1 Å². The minimum absolute atomic E-state index is 0.210. The number of hydrogen-bond donors (Lipinski definition) is 2. The first-order chi connectivity index (χ1) is 8.47. The molecule has 0 spiro atoms. The lowest BCUT2D eigenvalue weighted by molar-refractivity contribution is 0.116. The first-order valence-corrected chi connectivity index (χ1v) is 6.89. The van der Waals surface area contributed by atoms with E-state index < -0.39 is 0 Å². The van der Waals surface area contributed by atoms with Gasteiger partial charge in [-0.05, 0) is 39.7 Å². The van der Waals surface area contributed by atoms with Crippen molar-refractivity contribution in [2.45, 2.75) is 60.2 Å². The van der Waals surface area contributed by atoms with Gasteiger partial charge in [0, 0.05) is 24.3 Å². The zero-order chi connectivity index (χ0) is 13.7. The van der Waals surface area contributed by atoms with E-state index in [-0.39, 0.29) is 6.10 Å². The predicted octanol–water partition coefficient (Wildman–Crippen LogP) is 2.02. The second kappa shape index (κ2) is 6.90. The summed E-state index contributed by atoms with van der Waals surface area (Å²) < 4.78 is 2.04. The van der Waals surface area contributed by atoms with E-state index in [1.54, 1.807) is 0 Å². The van der Waals surface area contributed by atoms with Gasteiger partial charge in [-0.25, -0.2) is 0 Å². The summed E-state index contributed by atoms with van der Waals surface area (Å²) in [5.41, 5.74) is 3.63. The molecule has 104 valence electrons. The van der Waals surface area contributed by atoms with Gasteiger partial charge in [-0.3, -0.25) is 4.68 Å². The van der Waals surface area contributed by atoms with Gasteiger partial charge in [0.15, 0.2) is 0 Å². The Balaban J connectivity index is 2.42. The second-order valence-corrected chi connectivity index (χ2v) is 5.24. The average Bonchev–Trinajstić information content (AvgIpc) is 2.60. The number of nitrogens with one attached hydrogen (secondary N) is 1. The zero-order valence-corrected chi connectivity index (χ0v) is 12.3. The molecule has 0 radical (unpaired) electrons. The first-order valence-electron chi connectivity index (χ1n) is 6.89. The van der Waals surface area contributed by atoms with Gasteiger partial charge in [0.05, 0.1) is 11.8 Å². The third kappa shape index (κ3) is 3.82. The molecule has 1 aromatic rings. The minimum Gasteiger partial charge on any atom is -0.393 e. The Labute approximate surface area is 110 Å². The largest absolute Gasteiger partial charge is 0.393 e. The van der Waals surface area contributed by atoms with Crippen LogP contribution in [0, 0.1) is 19.8 Å². The van der Waals surface area contributed by atoms with E-state index in [0.29, 0.717) is 5.92 Å². The van der Waals surface area contributed by atoms with Crippen LogP contribution in [0.4, 0.5) is 0 Å². The molecular weight excluding hydrogens is 226 g/mol. The normalized spacial score (nSPS) is 13.3. The van der Waals surface area contributed by atoms with Gasteiger partial charge < -0.3 is 10.4 Å². The van der Waals surface area contributed by atoms with E-state index in [0.717, 1.165) is 31.7 Å². The Morgan fingerprint density at radius 2 is 2.00 bits per heavy atom. The topological polar surface area (TPSA) is 50.1 Å². The SMILES string of the molecule is CCn1nc(C)c(CNCCC(O)C(C)C)c1C. The first kappa shape index (κ1) is 15.2.